The van der Waals surface area contributed by atoms with Gasteiger partial charge in [0.1, 0.15) is 11.6 Å². The van der Waals surface area contributed by atoms with Crippen LogP contribution in [0.25, 0.3) is 16.9 Å². The van der Waals surface area contributed by atoms with Crippen LogP contribution in [-0.4, -0.2) is 50.5 Å². The van der Waals surface area contributed by atoms with Crippen LogP contribution in [0.5, 0.6) is 5.75 Å². The number of ether oxygens (including phenoxy) is 1. The molecular formula is C25H33N5O3. The number of aliphatic hydroxyl groups excluding tert-OH is 1. The average molecular weight is 452 g/mol. The predicted octanol–water partition coefficient (Wildman–Crippen LogP) is 3.80. The van der Waals surface area contributed by atoms with Gasteiger partial charge in [-0.05, 0) is 51.7 Å². The molecule has 1 aromatic carbocycles. The number of benzene rings is 1. The Bertz CT molecular complexity index is 1190. The maximum Gasteiger partial charge on any atom is 0.277 e. The third-order valence-electron chi connectivity index (χ3n) is 7.03. The molecule has 33 heavy (non-hydrogen) atoms. The van der Waals surface area contributed by atoms with Crippen LogP contribution < -0.4 is 15.2 Å². The van der Waals surface area contributed by atoms with E-state index in [2.05, 4.69) is 9.88 Å². The van der Waals surface area contributed by atoms with Gasteiger partial charge in [-0.3, -0.25) is 4.79 Å². The third-order valence-corrected chi connectivity index (χ3v) is 7.03. The van der Waals surface area contributed by atoms with Gasteiger partial charge in [0.25, 0.3) is 5.56 Å². The van der Waals surface area contributed by atoms with Gasteiger partial charge in [-0.2, -0.15) is 0 Å². The molecular weight excluding hydrogens is 418 g/mol. The highest BCUT2D eigenvalue weighted by Crippen LogP contribution is 2.35. The maximum absolute atomic E-state index is 13.2. The van der Waals surface area contributed by atoms with Crippen molar-refractivity contribution < 1.29 is 9.84 Å². The lowest BCUT2D eigenvalue weighted by Crippen LogP contribution is -2.35. The van der Waals surface area contributed by atoms with Gasteiger partial charge in [0.05, 0.1) is 24.0 Å². The van der Waals surface area contributed by atoms with Gasteiger partial charge in [-0.1, -0.05) is 19.3 Å². The molecule has 0 unspecified atom stereocenters. The van der Waals surface area contributed by atoms with Crippen molar-refractivity contribution in [1.82, 2.24) is 19.6 Å². The third kappa shape index (κ3) is 4.24. The first-order valence-electron chi connectivity index (χ1n) is 12.2. The SMILES string of the molecule is CCOc1cc(N2CCC(O)CC2)ccc1-c1nn2c(C)nc(C3CCCCC3)c2c(=O)[nH]1. The Morgan fingerprint density at radius 3 is 2.64 bits per heavy atom. The Kier molecular flexibility index (Phi) is 6.10. The molecule has 0 radical (unpaired) electrons. The van der Waals surface area contributed by atoms with Crippen LogP contribution in [0.15, 0.2) is 23.0 Å². The molecule has 3 aromatic rings. The Labute approximate surface area is 193 Å². The lowest BCUT2D eigenvalue weighted by molar-refractivity contribution is 0.145. The van der Waals surface area contributed by atoms with Crippen molar-refractivity contribution in [1.29, 1.82) is 0 Å². The number of aromatic amines is 1. The highest BCUT2D eigenvalue weighted by Gasteiger charge is 2.25. The number of anilines is 1. The molecule has 2 aliphatic rings. The highest BCUT2D eigenvalue weighted by atomic mass is 16.5. The Hall–Kier alpha value is -2.87. The summed E-state index contributed by atoms with van der Waals surface area (Å²) in [6.45, 7) is 5.99. The van der Waals surface area contributed by atoms with E-state index in [0.29, 0.717) is 29.6 Å². The van der Waals surface area contributed by atoms with Gasteiger partial charge in [0.15, 0.2) is 11.3 Å². The van der Waals surface area contributed by atoms with Crippen LogP contribution in [0, 0.1) is 6.92 Å². The van der Waals surface area contributed by atoms with Crippen LogP contribution in [0.3, 0.4) is 0 Å². The molecule has 0 amide bonds. The van der Waals surface area contributed by atoms with Gasteiger partial charge >= 0.3 is 0 Å². The minimum absolute atomic E-state index is 0.155. The molecule has 8 heteroatoms. The van der Waals surface area contributed by atoms with Crippen LogP contribution in [-0.2, 0) is 0 Å². The van der Waals surface area contributed by atoms with Crippen LogP contribution in [0.1, 0.15) is 69.3 Å². The monoisotopic (exact) mass is 451 g/mol. The number of aryl methyl sites for hydroxylation is 1. The molecule has 3 heterocycles. The summed E-state index contributed by atoms with van der Waals surface area (Å²) >= 11 is 0. The van der Waals surface area contributed by atoms with E-state index in [4.69, 9.17) is 14.8 Å². The van der Waals surface area contributed by atoms with E-state index in [1.165, 1.54) is 19.3 Å². The number of hydrogen-bond donors (Lipinski definition) is 2. The number of nitrogens with one attached hydrogen (secondary N) is 1. The summed E-state index contributed by atoms with van der Waals surface area (Å²) in [4.78, 5) is 23.3. The maximum atomic E-state index is 13.2. The van der Waals surface area contributed by atoms with E-state index >= 15 is 0 Å². The number of hydrogen-bond acceptors (Lipinski definition) is 6. The summed E-state index contributed by atoms with van der Waals surface area (Å²) < 4.78 is 7.67. The molecule has 1 saturated heterocycles. The van der Waals surface area contributed by atoms with Crippen molar-refractivity contribution in [3.05, 3.63) is 40.1 Å². The lowest BCUT2D eigenvalue weighted by atomic mass is 9.87. The molecule has 8 nitrogen and oxygen atoms in total. The van der Waals surface area contributed by atoms with Crippen molar-refractivity contribution in [2.45, 2.75) is 70.8 Å². The van der Waals surface area contributed by atoms with Gasteiger partial charge in [0, 0.05) is 30.8 Å². The van der Waals surface area contributed by atoms with Crippen LogP contribution >= 0.6 is 0 Å². The van der Waals surface area contributed by atoms with E-state index in [1.54, 1.807) is 4.52 Å². The number of rotatable bonds is 5. The first kappa shape index (κ1) is 21.9. The molecule has 1 aliphatic heterocycles. The first-order valence-corrected chi connectivity index (χ1v) is 12.2. The Morgan fingerprint density at radius 2 is 1.91 bits per heavy atom. The van der Waals surface area contributed by atoms with Gasteiger partial charge < -0.3 is 19.7 Å². The molecule has 0 spiro atoms. The number of nitrogens with zero attached hydrogens (tertiary/aromatic N) is 4. The fourth-order valence-corrected chi connectivity index (χ4v) is 5.26. The topological polar surface area (TPSA) is 95.8 Å². The number of aromatic nitrogens is 4. The van der Waals surface area contributed by atoms with Gasteiger partial charge in [0.2, 0.25) is 0 Å². The number of aliphatic hydroxyl groups is 1. The van der Waals surface area contributed by atoms with Gasteiger partial charge in [-0.25, -0.2) is 9.50 Å². The Morgan fingerprint density at radius 1 is 1.15 bits per heavy atom. The van der Waals surface area contributed by atoms with E-state index in [0.717, 1.165) is 61.5 Å². The fourth-order valence-electron chi connectivity index (χ4n) is 5.26. The van der Waals surface area contributed by atoms with Gasteiger partial charge in [-0.15, -0.1) is 5.10 Å². The first-order chi connectivity index (χ1) is 16.0. The van der Waals surface area contributed by atoms with E-state index < -0.39 is 0 Å². The second kappa shape index (κ2) is 9.17. The Balaban J connectivity index is 1.54. The van der Waals surface area contributed by atoms with E-state index in [-0.39, 0.29) is 11.7 Å². The normalized spacial score (nSPS) is 18.2. The summed E-state index contributed by atoms with van der Waals surface area (Å²) in [5, 5.41) is 14.6. The molecule has 176 valence electrons. The van der Waals surface area contributed by atoms with Crippen molar-refractivity contribution in [3.8, 4) is 17.1 Å². The zero-order valence-electron chi connectivity index (χ0n) is 19.5. The quantitative estimate of drug-likeness (QED) is 0.613. The predicted molar refractivity (Wildman–Crippen MR) is 128 cm³/mol. The standard InChI is InChI=1S/C25H33N5O3/c1-3-33-21-15-18(29-13-11-19(31)12-14-29)9-10-20(21)24-27-25(32)23-22(17-7-5-4-6-8-17)26-16(2)30(23)28-24/h9-10,15,17,19,31H,3-8,11-14H2,1-2H3,(H,27,28,32). The number of imidazole rings is 1. The molecule has 2 aromatic heterocycles. The summed E-state index contributed by atoms with van der Waals surface area (Å²) in [6, 6.07) is 6.01. The summed E-state index contributed by atoms with van der Waals surface area (Å²) in [6.07, 6.45) is 7.10. The van der Waals surface area contributed by atoms with Crippen LogP contribution in [0.4, 0.5) is 5.69 Å². The van der Waals surface area contributed by atoms with E-state index in [1.807, 2.05) is 32.0 Å². The minimum atomic E-state index is -0.218. The second-order valence-corrected chi connectivity index (χ2v) is 9.27. The molecule has 1 saturated carbocycles. The minimum Gasteiger partial charge on any atom is -0.493 e. The summed E-state index contributed by atoms with van der Waals surface area (Å²) in [5.41, 5.74) is 3.11. The molecule has 0 bridgehead atoms. The largest absolute Gasteiger partial charge is 0.493 e. The average Bonchev–Trinajstić information content (AvgIpc) is 3.17. The molecule has 0 atom stereocenters. The highest BCUT2D eigenvalue weighted by molar-refractivity contribution is 5.70. The summed E-state index contributed by atoms with van der Waals surface area (Å²) in [5.74, 6) is 2.23. The van der Waals surface area contributed by atoms with Crippen molar-refractivity contribution in [3.63, 3.8) is 0 Å². The van der Waals surface area contributed by atoms with Crippen molar-refractivity contribution in [2.75, 3.05) is 24.6 Å². The number of fused-ring (bicyclic) bond motifs is 1. The summed E-state index contributed by atoms with van der Waals surface area (Å²) in [7, 11) is 0. The van der Waals surface area contributed by atoms with E-state index in [9.17, 15) is 9.90 Å². The second-order valence-electron chi connectivity index (χ2n) is 9.27. The fraction of sp³-hybridized carbons (Fsp3) is 0.560. The number of piperidine rings is 1. The molecule has 5 rings (SSSR count). The molecule has 2 N–H and O–H groups in total. The lowest BCUT2D eigenvalue weighted by Gasteiger charge is -2.31. The molecule has 1 aliphatic carbocycles. The zero-order chi connectivity index (χ0) is 22.9. The smallest absolute Gasteiger partial charge is 0.277 e. The molecule has 2 fully saturated rings. The van der Waals surface area contributed by atoms with Crippen molar-refractivity contribution in [2.24, 2.45) is 0 Å². The number of H-pyrrole nitrogens is 1. The van der Waals surface area contributed by atoms with Crippen LogP contribution in [0.2, 0.25) is 0 Å². The van der Waals surface area contributed by atoms with Crippen molar-refractivity contribution >= 4 is 11.2 Å². The zero-order valence-corrected chi connectivity index (χ0v) is 19.5.